The van der Waals surface area contributed by atoms with E-state index in [-0.39, 0.29) is 24.3 Å². The maximum Gasteiger partial charge on any atom is 0.344 e. The predicted octanol–water partition coefficient (Wildman–Crippen LogP) is 3.77. The van der Waals surface area contributed by atoms with Gasteiger partial charge in [0.2, 0.25) is 5.78 Å². The van der Waals surface area contributed by atoms with Crippen LogP contribution in [-0.2, 0) is 9.53 Å². The molecular formula is C20H17FO5. The van der Waals surface area contributed by atoms with Gasteiger partial charge >= 0.3 is 5.97 Å². The number of carbonyl (C=O) groups excluding carboxylic acids is 2. The van der Waals surface area contributed by atoms with Gasteiger partial charge in [-0.05, 0) is 49.8 Å². The molecule has 0 atom stereocenters. The van der Waals surface area contributed by atoms with Crippen LogP contribution in [0.2, 0.25) is 0 Å². The first-order valence-electron chi connectivity index (χ1n) is 8.08. The molecule has 0 unspecified atom stereocenters. The van der Waals surface area contributed by atoms with Crippen molar-refractivity contribution in [2.75, 3.05) is 6.61 Å². The van der Waals surface area contributed by atoms with Crippen molar-refractivity contribution in [3.05, 3.63) is 65.2 Å². The van der Waals surface area contributed by atoms with Crippen LogP contribution in [-0.4, -0.2) is 24.5 Å². The maximum absolute atomic E-state index is 13.3. The van der Waals surface area contributed by atoms with Crippen molar-refractivity contribution in [2.45, 2.75) is 20.0 Å². The molecule has 1 aliphatic heterocycles. The lowest BCUT2D eigenvalue weighted by Crippen LogP contribution is -2.18. The number of allylic oxidation sites excluding steroid dienone is 1. The molecule has 0 aromatic heterocycles. The number of fused-ring (bicyclic) bond motifs is 1. The molecule has 6 heteroatoms. The molecule has 2 aromatic rings. The Hall–Kier alpha value is -3.15. The first-order chi connectivity index (χ1) is 12.4. The number of hydrogen-bond acceptors (Lipinski definition) is 5. The number of benzene rings is 2. The first kappa shape index (κ1) is 17.7. The van der Waals surface area contributed by atoms with Gasteiger partial charge in [-0.3, -0.25) is 4.79 Å². The summed E-state index contributed by atoms with van der Waals surface area (Å²) in [6.07, 6.45) is 1.26. The third-order valence-corrected chi connectivity index (χ3v) is 3.51. The van der Waals surface area contributed by atoms with Crippen molar-refractivity contribution in [1.82, 2.24) is 0 Å². The summed E-state index contributed by atoms with van der Waals surface area (Å²) in [5.41, 5.74) is 0.902. The van der Waals surface area contributed by atoms with Gasteiger partial charge in [0.15, 0.2) is 12.4 Å². The molecule has 0 radical (unpaired) electrons. The SMILES string of the molecule is CC(C)OC(=O)COc1ccc2c(c1)O/C(=C/c1cccc(F)c1)C2=O. The minimum absolute atomic E-state index is 0.0990. The van der Waals surface area contributed by atoms with Gasteiger partial charge < -0.3 is 14.2 Å². The van der Waals surface area contributed by atoms with E-state index in [1.54, 1.807) is 38.1 Å². The van der Waals surface area contributed by atoms with Gasteiger partial charge in [0, 0.05) is 6.07 Å². The molecule has 0 saturated heterocycles. The van der Waals surface area contributed by atoms with Crippen LogP contribution < -0.4 is 9.47 Å². The van der Waals surface area contributed by atoms with Crippen LogP contribution in [0.4, 0.5) is 4.39 Å². The molecule has 0 fully saturated rings. The lowest BCUT2D eigenvalue weighted by Gasteiger charge is -2.09. The molecule has 1 aliphatic rings. The summed E-state index contributed by atoms with van der Waals surface area (Å²) < 4.78 is 29.2. The van der Waals surface area contributed by atoms with Gasteiger partial charge in [0.05, 0.1) is 11.7 Å². The quantitative estimate of drug-likeness (QED) is 0.603. The number of esters is 1. The van der Waals surface area contributed by atoms with Crippen molar-refractivity contribution in [2.24, 2.45) is 0 Å². The summed E-state index contributed by atoms with van der Waals surface area (Å²) in [4.78, 5) is 23.9. The fourth-order valence-corrected chi connectivity index (χ4v) is 2.44. The molecule has 134 valence electrons. The van der Waals surface area contributed by atoms with Crippen LogP contribution in [0.3, 0.4) is 0 Å². The zero-order valence-corrected chi connectivity index (χ0v) is 14.3. The van der Waals surface area contributed by atoms with Crippen molar-refractivity contribution >= 4 is 17.8 Å². The molecule has 0 N–H and O–H groups in total. The zero-order chi connectivity index (χ0) is 18.7. The topological polar surface area (TPSA) is 61.8 Å². The van der Waals surface area contributed by atoms with Crippen LogP contribution in [0.5, 0.6) is 11.5 Å². The number of carbonyl (C=O) groups is 2. The summed E-state index contributed by atoms with van der Waals surface area (Å²) in [7, 11) is 0. The van der Waals surface area contributed by atoms with Crippen LogP contribution in [0, 0.1) is 5.82 Å². The predicted molar refractivity (Wildman–Crippen MR) is 92.5 cm³/mol. The fraction of sp³-hybridized carbons (Fsp3) is 0.200. The molecule has 2 aromatic carbocycles. The van der Waals surface area contributed by atoms with Gasteiger partial charge in [-0.1, -0.05) is 12.1 Å². The average molecular weight is 356 g/mol. The summed E-state index contributed by atoms with van der Waals surface area (Å²) in [6, 6.07) is 10.5. The molecule has 0 amide bonds. The molecule has 3 rings (SSSR count). The lowest BCUT2D eigenvalue weighted by molar-refractivity contribution is -0.149. The largest absolute Gasteiger partial charge is 0.482 e. The van der Waals surface area contributed by atoms with E-state index in [1.807, 2.05) is 0 Å². The first-order valence-corrected chi connectivity index (χ1v) is 8.08. The van der Waals surface area contributed by atoms with Crippen molar-refractivity contribution in [3.63, 3.8) is 0 Å². The molecule has 26 heavy (non-hydrogen) atoms. The normalized spacial score (nSPS) is 14.3. The van der Waals surface area contributed by atoms with E-state index in [0.29, 0.717) is 22.6 Å². The zero-order valence-electron chi connectivity index (χ0n) is 14.3. The van der Waals surface area contributed by atoms with Crippen LogP contribution in [0.1, 0.15) is 29.8 Å². The van der Waals surface area contributed by atoms with E-state index in [9.17, 15) is 14.0 Å². The highest BCUT2D eigenvalue weighted by molar-refractivity contribution is 6.14. The smallest absolute Gasteiger partial charge is 0.344 e. The van der Waals surface area contributed by atoms with E-state index < -0.39 is 11.8 Å². The standard InChI is InChI=1S/C20H17FO5/c1-12(2)25-19(22)11-24-15-6-7-16-17(10-15)26-18(20(16)23)9-13-4-3-5-14(21)8-13/h3-10,12H,11H2,1-2H3/b18-9+. The minimum atomic E-state index is -0.482. The van der Waals surface area contributed by atoms with Gasteiger partial charge in [0.1, 0.15) is 17.3 Å². The molecule has 0 aliphatic carbocycles. The van der Waals surface area contributed by atoms with E-state index >= 15 is 0 Å². The van der Waals surface area contributed by atoms with Crippen LogP contribution in [0.25, 0.3) is 6.08 Å². The summed E-state index contributed by atoms with van der Waals surface area (Å²) in [6.45, 7) is 3.26. The monoisotopic (exact) mass is 356 g/mol. The fourth-order valence-electron chi connectivity index (χ4n) is 2.44. The molecule has 1 heterocycles. The van der Waals surface area contributed by atoms with Gasteiger partial charge in [0.25, 0.3) is 0 Å². The molecule has 5 nitrogen and oxygen atoms in total. The van der Waals surface area contributed by atoms with Gasteiger partial charge in [-0.15, -0.1) is 0 Å². The van der Waals surface area contributed by atoms with Gasteiger partial charge in [-0.2, -0.15) is 0 Å². The van der Waals surface area contributed by atoms with Crippen molar-refractivity contribution in [1.29, 1.82) is 0 Å². The Morgan fingerprint density at radius 3 is 2.77 bits per heavy atom. The van der Waals surface area contributed by atoms with Crippen molar-refractivity contribution in [3.8, 4) is 11.5 Å². The van der Waals surface area contributed by atoms with Crippen LogP contribution >= 0.6 is 0 Å². The van der Waals surface area contributed by atoms with Crippen LogP contribution in [0.15, 0.2) is 48.2 Å². The Morgan fingerprint density at radius 1 is 1.23 bits per heavy atom. The second kappa shape index (κ2) is 7.39. The molecule has 0 spiro atoms. The minimum Gasteiger partial charge on any atom is -0.482 e. The third-order valence-electron chi connectivity index (χ3n) is 3.51. The van der Waals surface area contributed by atoms with E-state index in [4.69, 9.17) is 14.2 Å². The van der Waals surface area contributed by atoms with Gasteiger partial charge in [-0.25, -0.2) is 9.18 Å². The number of rotatable bonds is 5. The molecule has 0 saturated carbocycles. The summed E-state index contributed by atoms with van der Waals surface area (Å²) in [5, 5.41) is 0. The Balaban J connectivity index is 1.73. The third kappa shape index (κ3) is 4.08. The van der Waals surface area contributed by atoms with E-state index in [0.717, 1.165) is 0 Å². The number of ether oxygens (including phenoxy) is 3. The van der Waals surface area contributed by atoms with Crippen molar-refractivity contribution < 1.29 is 28.2 Å². The molecular weight excluding hydrogens is 339 g/mol. The Labute approximate surface area is 150 Å². The molecule has 0 bridgehead atoms. The highest BCUT2D eigenvalue weighted by atomic mass is 19.1. The second-order valence-electron chi connectivity index (χ2n) is 5.98. The van der Waals surface area contributed by atoms with E-state index in [1.165, 1.54) is 24.3 Å². The Morgan fingerprint density at radius 2 is 2.04 bits per heavy atom. The number of ketones is 1. The number of halogens is 1. The maximum atomic E-state index is 13.3. The second-order valence-corrected chi connectivity index (χ2v) is 5.98. The Kier molecular flexibility index (Phi) is 5.02. The highest BCUT2D eigenvalue weighted by Gasteiger charge is 2.27. The average Bonchev–Trinajstić information content (AvgIpc) is 2.88. The van der Waals surface area contributed by atoms with E-state index in [2.05, 4.69) is 0 Å². The Bertz CT molecular complexity index is 886. The highest BCUT2D eigenvalue weighted by Crippen LogP contribution is 2.34. The summed E-state index contributed by atoms with van der Waals surface area (Å²) in [5.74, 6) is -0.371. The summed E-state index contributed by atoms with van der Waals surface area (Å²) >= 11 is 0. The number of hydrogen-bond donors (Lipinski definition) is 0. The lowest BCUT2D eigenvalue weighted by atomic mass is 10.1. The number of Topliss-reactive ketones (excluding diaryl/α,β-unsaturated/α-hetero) is 1.